The number of phenolic OH excluding ortho intramolecular Hbond substituents is 2. The number of nitrogens with zero attached hydrogens (tertiary/aromatic N) is 3. The van der Waals surface area contributed by atoms with Crippen LogP contribution in [0.5, 0.6) is 17.2 Å². The maximum absolute atomic E-state index is 14.6. The fourth-order valence-electron chi connectivity index (χ4n) is 12.5. The second-order valence-corrected chi connectivity index (χ2v) is 24.5. The maximum atomic E-state index is 14.6. The second-order valence-electron chi connectivity index (χ2n) is 24.5. The summed E-state index contributed by atoms with van der Waals surface area (Å²) in [6.45, 7) is 6.79. The Morgan fingerprint density at radius 2 is 1.56 bits per heavy atom. The van der Waals surface area contributed by atoms with Gasteiger partial charge in [0.1, 0.15) is 41.5 Å². The lowest BCUT2D eigenvalue weighted by Gasteiger charge is -2.43. The summed E-state index contributed by atoms with van der Waals surface area (Å²) in [5, 5.41) is 50.8. The van der Waals surface area contributed by atoms with E-state index in [2.05, 4.69) is 26.6 Å². The number of urea groups is 1. The molecule has 0 aromatic heterocycles. The first-order valence-corrected chi connectivity index (χ1v) is 31.7. The molecule has 9 rings (SSSR count). The number of piperazine rings is 1. The predicted molar refractivity (Wildman–Crippen MR) is 332 cm³/mol. The van der Waals surface area contributed by atoms with Gasteiger partial charge in [-0.05, 0) is 68.7 Å². The first kappa shape index (κ1) is 69.9. The number of nitrogens with one attached hydrogen (secondary N) is 5. The molecule has 3 saturated heterocycles. The minimum atomic E-state index is -2.26. The van der Waals surface area contributed by atoms with E-state index < -0.39 is 137 Å². The summed E-state index contributed by atoms with van der Waals surface area (Å²) in [5.41, 5.74) is 2.50. The van der Waals surface area contributed by atoms with Crippen molar-refractivity contribution in [3.05, 3.63) is 93.6 Å². The average Bonchev–Trinajstić information content (AvgIpc) is 0.765. The quantitative estimate of drug-likeness (QED) is 0.0235. The van der Waals surface area contributed by atoms with Crippen molar-refractivity contribution in [1.29, 1.82) is 0 Å². The van der Waals surface area contributed by atoms with Crippen LogP contribution in [0.15, 0.2) is 54.6 Å². The van der Waals surface area contributed by atoms with E-state index in [4.69, 9.17) is 38.9 Å². The first-order valence-electron chi connectivity index (χ1n) is 31.7. The van der Waals surface area contributed by atoms with Crippen LogP contribution >= 0.6 is 0 Å². The van der Waals surface area contributed by atoms with E-state index >= 15 is 0 Å². The summed E-state index contributed by atoms with van der Waals surface area (Å²) >= 11 is 0. The normalized spacial score (nSPS) is 23.4. The topological polar surface area (TPSA) is 392 Å². The van der Waals surface area contributed by atoms with E-state index in [1.54, 1.807) is 49.9 Å². The number of fused-ring (bicyclic) bond motifs is 3. The van der Waals surface area contributed by atoms with Crippen molar-refractivity contribution in [3.63, 3.8) is 0 Å². The number of aromatic hydroxyl groups is 2. The number of morpholine rings is 1. The van der Waals surface area contributed by atoms with Gasteiger partial charge in [-0.1, -0.05) is 44.5 Å². The van der Waals surface area contributed by atoms with Crippen molar-refractivity contribution >= 4 is 64.7 Å². The summed E-state index contributed by atoms with van der Waals surface area (Å²) in [6, 6.07) is 7.96. The smallest absolute Gasteiger partial charge is 0.410 e. The number of methoxy groups -OCH3 is 2. The van der Waals surface area contributed by atoms with Gasteiger partial charge in [0.25, 0.3) is 11.8 Å². The number of amides is 8. The molecular formula is C65H83N9O20. The highest BCUT2D eigenvalue weighted by atomic mass is 16.7. The number of carbonyl (C=O) groups excluding carboxylic acids is 10. The van der Waals surface area contributed by atoms with E-state index in [1.807, 2.05) is 0 Å². The van der Waals surface area contributed by atoms with E-state index in [1.165, 1.54) is 49.5 Å². The van der Waals surface area contributed by atoms with Gasteiger partial charge in [0, 0.05) is 113 Å². The monoisotopic (exact) mass is 1310 g/mol. The number of nitrogens with two attached hydrogens (primary N) is 1. The Bertz CT molecular complexity index is 3370. The third-order valence-electron chi connectivity index (χ3n) is 17.7. The Morgan fingerprint density at radius 1 is 0.840 bits per heavy atom. The number of hydrogen-bond donors (Lipinski definition) is 9. The second kappa shape index (κ2) is 31.2. The van der Waals surface area contributed by atoms with E-state index in [0.29, 0.717) is 50.1 Å². The van der Waals surface area contributed by atoms with Crippen LogP contribution in [0.25, 0.3) is 0 Å². The van der Waals surface area contributed by atoms with Crippen molar-refractivity contribution in [1.82, 2.24) is 36.0 Å². The lowest BCUT2D eigenvalue weighted by molar-refractivity contribution is -0.281. The molecule has 8 amide bonds. The van der Waals surface area contributed by atoms with E-state index in [-0.39, 0.29) is 124 Å². The number of carbonyl (C=O) groups is 10. The zero-order valence-electron chi connectivity index (χ0n) is 53.2. The third kappa shape index (κ3) is 16.4. The number of ketones is 3. The summed E-state index contributed by atoms with van der Waals surface area (Å²) < 4.78 is 41.4. The molecule has 29 heteroatoms. The van der Waals surface area contributed by atoms with Gasteiger partial charge in [-0.3, -0.25) is 53.5 Å². The van der Waals surface area contributed by atoms with Gasteiger partial charge >= 0.3 is 12.1 Å². The number of unbranched alkanes of at least 4 members (excludes halogenated alkanes) is 2. The van der Waals surface area contributed by atoms with Gasteiger partial charge in [-0.25, -0.2) is 9.59 Å². The van der Waals surface area contributed by atoms with Crippen LogP contribution in [0, 0.1) is 5.92 Å². The number of anilines is 1. The molecule has 6 aliphatic rings. The molecule has 3 fully saturated rings. The van der Waals surface area contributed by atoms with Crippen LogP contribution < -0.4 is 37.1 Å². The van der Waals surface area contributed by atoms with Crippen LogP contribution in [0.1, 0.15) is 133 Å². The maximum Gasteiger partial charge on any atom is 0.410 e. The Balaban J connectivity index is 0.788. The number of phenols is 2. The number of aliphatic hydroxyl groups is 1. The van der Waals surface area contributed by atoms with Crippen molar-refractivity contribution in [2.24, 2.45) is 11.7 Å². The summed E-state index contributed by atoms with van der Waals surface area (Å²) in [6.07, 6.45) is -1.26. The molecule has 2 aliphatic carbocycles. The number of ether oxygens (including phenoxy) is 7. The van der Waals surface area contributed by atoms with Gasteiger partial charge in [-0.15, -0.1) is 0 Å². The van der Waals surface area contributed by atoms with Gasteiger partial charge < -0.3 is 80.4 Å². The summed E-state index contributed by atoms with van der Waals surface area (Å²) in [5.74, 6) is -6.24. The lowest BCUT2D eigenvalue weighted by Crippen LogP contribution is -2.55. The molecule has 0 spiro atoms. The van der Waals surface area contributed by atoms with Crippen LogP contribution in [0.4, 0.5) is 15.3 Å². The molecule has 10 N–H and O–H groups in total. The number of hydrogen-bond acceptors (Lipinski definition) is 22. The largest absolute Gasteiger partial charge is 0.507 e. The third-order valence-corrected chi connectivity index (χ3v) is 17.7. The number of benzene rings is 3. The molecule has 94 heavy (non-hydrogen) atoms. The lowest BCUT2D eigenvalue weighted by atomic mass is 9.71. The molecule has 0 unspecified atom stereocenters. The van der Waals surface area contributed by atoms with Crippen molar-refractivity contribution in [2.75, 3.05) is 78.5 Å². The van der Waals surface area contributed by atoms with Crippen molar-refractivity contribution in [2.45, 2.75) is 146 Å². The molecule has 4 aliphatic heterocycles. The van der Waals surface area contributed by atoms with Crippen LogP contribution in [-0.2, 0) is 70.2 Å². The molecule has 0 radical (unpaired) electrons. The summed E-state index contributed by atoms with van der Waals surface area (Å²) in [7, 11) is 2.84. The highest BCUT2D eigenvalue weighted by Gasteiger charge is 2.51. The van der Waals surface area contributed by atoms with Gasteiger partial charge in [0.05, 0.1) is 55.3 Å². The van der Waals surface area contributed by atoms with Crippen LogP contribution in [0.3, 0.4) is 0 Å². The highest BCUT2D eigenvalue weighted by molar-refractivity contribution is 6.31. The SMILES string of the molecule is COc1cccc2c1C(=O)c1c(O)c3c(c(O)c1C2=O)C[C@@](O)(C(=O)CN1CCN(C(=O)OCc2ccc(NC(=O)[C@H](CCCNC(N)=O)NC(=O)[C@@H](NC(=O)CCCCCN4C(=O)C=CC4=O)C(C)C)cc2)CC1)C[C@@H]3O[C@H]1CC[C@H](O[C@H]2NCCO[C@@H]2OC)[C@H](C)O1. The van der Waals surface area contributed by atoms with Crippen molar-refractivity contribution < 1.29 is 96.4 Å². The van der Waals surface area contributed by atoms with Crippen molar-refractivity contribution in [3.8, 4) is 17.2 Å². The zero-order valence-corrected chi connectivity index (χ0v) is 53.2. The van der Waals surface area contributed by atoms with Gasteiger partial charge in [0.2, 0.25) is 23.5 Å². The van der Waals surface area contributed by atoms with E-state index in [0.717, 1.165) is 4.90 Å². The number of imide groups is 1. The molecule has 29 nitrogen and oxygen atoms in total. The first-order chi connectivity index (χ1) is 45.0. The van der Waals surface area contributed by atoms with E-state index in [9.17, 15) is 63.3 Å². The Hall–Kier alpha value is -8.42. The Labute approximate surface area is 542 Å². The molecule has 9 atom stereocenters. The average molecular weight is 1310 g/mol. The highest BCUT2D eigenvalue weighted by Crippen LogP contribution is 2.53. The Kier molecular flexibility index (Phi) is 23.2. The molecule has 0 bridgehead atoms. The fraction of sp³-hybridized carbons (Fsp3) is 0.538. The number of Topliss-reactive ketones (excluding diaryl/α,β-unsaturated/α-hetero) is 1. The fourth-order valence-corrected chi connectivity index (χ4v) is 12.5. The Morgan fingerprint density at radius 3 is 2.24 bits per heavy atom. The molecule has 3 aromatic rings. The molecular weight excluding hydrogens is 1230 g/mol. The standard InChI is InChI=1S/C65H83N9O20/c1-35(2)54(71-46(76)14-7-6-8-25-74-47(77)20-21-48(74)78)60(84)70-41(12-10-23-68-63(66)85)59(83)69-38-17-15-37(16-18-38)34-91-64(86)73-28-26-72(27-29-73)33-45(75)65(87)31-40-51(58(82)53-52(56(40)80)55(79)39-11-9-13-43(88-4)50(39)57(53)81)44(32-65)93-49-22-19-42(36(3)92-49)94-61-62(89-5)90-30-24-67-61/h9,11,13,15-18,20-21,35-36,41-42,44,49,54,61-62,67,80,82,87H,6-8,10,12,14,19,22-34H2,1-5H3,(H,69,83)(H,70,84)(H,71,76)(H3,66,68,85)/t36-,41-,42-,44-,49-,54-,61+,62-,65-/m0/s1. The number of rotatable bonds is 27. The number of primary amides is 1. The van der Waals surface area contributed by atoms with Gasteiger partial charge in [0.15, 0.2) is 30.4 Å². The van der Waals surface area contributed by atoms with Crippen LogP contribution in [0.2, 0.25) is 0 Å². The zero-order chi connectivity index (χ0) is 67.5. The molecule has 0 saturated carbocycles. The molecule has 3 aromatic carbocycles. The van der Waals surface area contributed by atoms with Gasteiger partial charge in [-0.2, -0.15) is 0 Å². The molecule has 508 valence electrons. The minimum Gasteiger partial charge on any atom is -0.507 e. The predicted octanol–water partition coefficient (Wildman–Crippen LogP) is 2.47. The molecule has 4 heterocycles. The van der Waals surface area contributed by atoms with Crippen LogP contribution in [-0.4, -0.2) is 211 Å². The summed E-state index contributed by atoms with van der Waals surface area (Å²) in [4.78, 5) is 136. The minimum absolute atomic E-state index is 0.0747.